The van der Waals surface area contributed by atoms with Crippen molar-refractivity contribution >= 4 is 22.7 Å². The van der Waals surface area contributed by atoms with Gasteiger partial charge in [-0.25, -0.2) is 9.67 Å². The zero-order valence-corrected chi connectivity index (χ0v) is 14.4. The SMILES string of the molecule is Cn1nc2c(cc1=O)CN(Cc1csc(-c3cccs3)n1)CC2. The van der Waals surface area contributed by atoms with Crippen LogP contribution in [0.15, 0.2) is 33.8 Å². The summed E-state index contributed by atoms with van der Waals surface area (Å²) in [4.78, 5) is 20.1. The number of thiazole rings is 1. The Kier molecular flexibility index (Phi) is 3.84. The lowest BCUT2D eigenvalue weighted by Crippen LogP contribution is -2.34. The van der Waals surface area contributed by atoms with Gasteiger partial charge < -0.3 is 0 Å². The first-order valence-corrected chi connectivity index (χ1v) is 9.22. The zero-order valence-electron chi connectivity index (χ0n) is 12.7. The minimum atomic E-state index is -0.0424. The van der Waals surface area contributed by atoms with Gasteiger partial charge in [-0.1, -0.05) is 6.07 Å². The monoisotopic (exact) mass is 344 g/mol. The first kappa shape index (κ1) is 14.7. The molecule has 0 radical (unpaired) electrons. The molecular formula is C16H16N4OS2. The Bertz CT molecular complexity index is 882. The summed E-state index contributed by atoms with van der Waals surface area (Å²) < 4.78 is 1.42. The molecule has 0 aliphatic carbocycles. The smallest absolute Gasteiger partial charge is 0.266 e. The molecule has 1 aliphatic heterocycles. The molecule has 3 aromatic rings. The molecule has 7 heteroatoms. The number of hydrogen-bond acceptors (Lipinski definition) is 6. The Hall–Kier alpha value is -1.83. The third kappa shape index (κ3) is 2.99. The Morgan fingerprint density at radius 1 is 1.35 bits per heavy atom. The highest BCUT2D eigenvalue weighted by Crippen LogP contribution is 2.28. The van der Waals surface area contributed by atoms with Crippen LogP contribution in [0.5, 0.6) is 0 Å². The van der Waals surface area contributed by atoms with Crippen molar-refractivity contribution in [1.82, 2.24) is 19.7 Å². The van der Waals surface area contributed by atoms with Crippen molar-refractivity contribution in [3.05, 3.63) is 56.3 Å². The first-order chi connectivity index (χ1) is 11.2. The summed E-state index contributed by atoms with van der Waals surface area (Å²) in [5.41, 5.74) is 3.15. The third-order valence-electron chi connectivity index (χ3n) is 3.99. The lowest BCUT2D eigenvalue weighted by Gasteiger charge is -2.27. The highest BCUT2D eigenvalue weighted by molar-refractivity contribution is 7.20. The van der Waals surface area contributed by atoms with Gasteiger partial charge in [-0.15, -0.1) is 22.7 Å². The molecule has 23 heavy (non-hydrogen) atoms. The van der Waals surface area contributed by atoms with Gasteiger partial charge >= 0.3 is 0 Å². The van der Waals surface area contributed by atoms with E-state index in [0.29, 0.717) is 0 Å². The van der Waals surface area contributed by atoms with E-state index in [0.717, 1.165) is 48.0 Å². The van der Waals surface area contributed by atoms with E-state index in [1.807, 2.05) is 0 Å². The largest absolute Gasteiger partial charge is 0.293 e. The number of hydrogen-bond donors (Lipinski definition) is 0. The topological polar surface area (TPSA) is 51.0 Å². The summed E-state index contributed by atoms with van der Waals surface area (Å²) in [6, 6.07) is 5.87. The maximum Gasteiger partial charge on any atom is 0.266 e. The minimum Gasteiger partial charge on any atom is -0.293 e. The molecule has 0 saturated heterocycles. The summed E-state index contributed by atoms with van der Waals surface area (Å²) in [5, 5.41) is 9.65. The Labute approximate surface area is 141 Å². The van der Waals surface area contributed by atoms with E-state index in [-0.39, 0.29) is 5.56 Å². The lowest BCUT2D eigenvalue weighted by molar-refractivity contribution is 0.239. The van der Waals surface area contributed by atoms with Crippen LogP contribution in [0.1, 0.15) is 17.0 Å². The summed E-state index contributed by atoms with van der Waals surface area (Å²) in [7, 11) is 1.70. The average molecular weight is 344 g/mol. The van der Waals surface area contributed by atoms with Crippen molar-refractivity contribution < 1.29 is 0 Å². The van der Waals surface area contributed by atoms with Gasteiger partial charge in [-0.05, 0) is 17.0 Å². The van der Waals surface area contributed by atoms with Crippen molar-refractivity contribution in [2.75, 3.05) is 6.54 Å². The van der Waals surface area contributed by atoms with Crippen LogP contribution in [-0.2, 0) is 26.6 Å². The summed E-state index contributed by atoms with van der Waals surface area (Å²) in [5.74, 6) is 0. The molecule has 0 amide bonds. The normalized spacial score (nSPS) is 14.8. The van der Waals surface area contributed by atoms with E-state index in [9.17, 15) is 4.79 Å². The van der Waals surface area contributed by atoms with Crippen LogP contribution < -0.4 is 5.56 Å². The number of rotatable bonds is 3. The van der Waals surface area contributed by atoms with Crippen LogP contribution in [0.2, 0.25) is 0 Å². The molecule has 5 nitrogen and oxygen atoms in total. The highest BCUT2D eigenvalue weighted by Gasteiger charge is 2.19. The summed E-state index contributed by atoms with van der Waals surface area (Å²) >= 11 is 3.41. The van der Waals surface area contributed by atoms with E-state index in [2.05, 4.69) is 32.9 Å². The second-order valence-corrected chi connectivity index (χ2v) is 7.47. The molecule has 0 aromatic carbocycles. The van der Waals surface area contributed by atoms with Crippen molar-refractivity contribution in [3.8, 4) is 9.88 Å². The van der Waals surface area contributed by atoms with E-state index in [1.165, 1.54) is 9.56 Å². The maximum atomic E-state index is 11.8. The van der Waals surface area contributed by atoms with Gasteiger partial charge in [0.25, 0.3) is 5.56 Å². The van der Waals surface area contributed by atoms with Crippen molar-refractivity contribution in [2.24, 2.45) is 7.05 Å². The molecule has 4 rings (SSSR count). The predicted molar refractivity (Wildman–Crippen MR) is 92.7 cm³/mol. The standard InChI is InChI=1S/C16H16N4OS2/c1-19-15(21)7-11-8-20(5-4-13(11)18-19)9-12-10-23-16(17-12)14-3-2-6-22-14/h2-3,6-7,10H,4-5,8-9H2,1H3. The van der Waals surface area contributed by atoms with Gasteiger partial charge in [0.1, 0.15) is 5.01 Å². The fourth-order valence-electron chi connectivity index (χ4n) is 2.81. The quantitative estimate of drug-likeness (QED) is 0.733. The molecule has 0 unspecified atom stereocenters. The fourth-order valence-corrected chi connectivity index (χ4v) is 4.43. The first-order valence-electron chi connectivity index (χ1n) is 7.46. The molecule has 0 atom stereocenters. The lowest BCUT2D eigenvalue weighted by atomic mass is 10.1. The Morgan fingerprint density at radius 3 is 3.09 bits per heavy atom. The second-order valence-electron chi connectivity index (χ2n) is 5.66. The van der Waals surface area contributed by atoms with E-state index in [4.69, 9.17) is 4.98 Å². The van der Waals surface area contributed by atoms with Crippen molar-refractivity contribution in [1.29, 1.82) is 0 Å². The van der Waals surface area contributed by atoms with Crippen LogP contribution in [0.3, 0.4) is 0 Å². The Morgan fingerprint density at radius 2 is 2.26 bits per heavy atom. The zero-order chi connectivity index (χ0) is 15.8. The highest BCUT2D eigenvalue weighted by atomic mass is 32.1. The summed E-state index contributed by atoms with van der Waals surface area (Å²) in [6.07, 6.45) is 0.880. The van der Waals surface area contributed by atoms with Gasteiger partial charge in [-0.2, -0.15) is 5.10 Å². The predicted octanol–water partition coefficient (Wildman–Crippen LogP) is 2.52. The molecule has 0 fully saturated rings. The summed E-state index contributed by atoms with van der Waals surface area (Å²) in [6.45, 7) is 2.53. The second kappa shape index (κ2) is 5.99. The van der Waals surface area contributed by atoms with Gasteiger partial charge in [0.2, 0.25) is 0 Å². The molecule has 4 heterocycles. The van der Waals surface area contributed by atoms with Gasteiger partial charge in [0, 0.05) is 44.5 Å². The number of aromatic nitrogens is 3. The molecule has 0 saturated carbocycles. The molecule has 0 bridgehead atoms. The van der Waals surface area contributed by atoms with Crippen molar-refractivity contribution in [2.45, 2.75) is 19.5 Å². The van der Waals surface area contributed by atoms with Crippen molar-refractivity contribution in [3.63, 3.8) is 0 Å². The molecule has 118 valence electrons. The molecule has 0 spiro atoms. The number of nitrogens with zero attached hydrogens (tertiary/aromatic N) is 4. The molecular weight excluding hydrogens is 328 g/mol. The fraction of sp³-hybridized carbons (Fsp3) is 0.312. The maximum absolute atomic E-state index is 11.8. The molecule has 1 aliphatic rings. The Balaban J connectivity index is 1.50. The van der Waals surface area contributed by atoms with E-state index < -0.39 is 0 Å². The van der Waals surface area contributed by atoms with Crippen LogP contribution in [-0.4, -0.2) is 26.2 Å². The van der Waals surface area contributed by atoms with Gasteiger partial charge in [0.15, 0.2) is 0 Å². The van der Waals surface area contributed by atoms with Gasteiger partial charge in [-0.3, -0.25) is 9.69 Å². The van der Waals surface area contributed by atoms with E-state index in [1.54, 1.807) is 35.8 Å². The van der Waals surface area contributed by atoms with Crippen LogP contribution in [0.25, 0.3) is 9.88 Å². The number of aryl methyl sites for hydroxylation is 1. The van der Waals surface area contributed by atoms with Crippen LogP contribution >= 0.6 is 22.7 Å². The minimum absolute atomic E-state index is 0.0424. The van der Waals surface area contributed by atoms with E-state index >= 15 is 0 Å². The number of thiophene rings is 1. The van der Waals surface area contributed by atoms with Crippen LogP contribution in [0.4, 0.5) is 0 Å². The van der Waals surface area contributed by atoms with Gasteiger partial charge in [0.05, 0.1) is 16.3 Å². The number of fused-ring (bicyclic) bond motifs is 1. The molecule has 3 aromatic heterocycles. The molecule has 0 N–H and O–H groups in total. The van der Waals surface area contributed by atoms with Crippen LogP contribution in [0, 0.1) is 0 Å². The third-order valence-corrected chi connectivity index (χ3v) is 5.92. The average Bonchev–Trinajstić information content (AvgIpc) is 3.20.